The number of carbonyl (C=O) groups excluding carboxylic acids is 1. The van der Waals surface area contributed by atoms with Crippen molar-refractivity contribution in [3.05, 3.63) is 51.6 Å². The van der Waals surface area contributed by atoms with E-state index in [0.29, 0.717) is 11.4 Å². The molecule has 1 aromatic carbocycles. The number of nitrogen functional groups attached to an aromatic ring is 1. The molecule has 0 bridgehead atoms. The standard InChI is InChI=1S/C18H21BrN4O.2ClH/c1-23(2)17-15(9-12(19)10-21-17)18(24)22-16-5-3-4-11-8-13(20)6-7-14(11)16;;/h6-10,16H,3-5,20H2,1-2H3,(H,22,24);2*1H. The summed E-state index contributed by atoms with van der Waals surface area (Å²) in [5, 5.41) is 3.17. The fourth-order valence-corrected chi connectivity index (χ4v) is 3.51. The molecule has 3 rings (SSSR count). The van der Waals surface area contributed by atoms with Crippen molar-refractivity contribution in [3.63, 3.8) is 0 Å². The van der Waals surface area contributed by atoms with E-state index >= 15 is 0 Å². The lowest BCUT2D eigenvalue weighted by Gasteiger charge is -2.27. The fourth-order valence-electron chi connectivity index (χ4n) is 3.18. The van der Waals surface area contributed by atoms with Crippen LogP contribution in [0.5, 0.6) is 0 Å². The molecule has 1 aliphatic rings. The van der Waals surface area contributed by atoms with Crippen molar-refractivity contribution in [1.82, 2.24) is 10.3 Å². The number of nitrogens with one attached hydrogen (secondary N) is 1. The van der Waals surface area contributed by atoms with E-state index in [1.54, 1.807) is 6.20 Å². The van der Waals surface area contributed by atoms with E-state index in [1.807, 2.05) is 43.3 Å². The molecule has 8 heteroatoms. The van der Waals surface area contributed by atoms with Crippen molar-refractivity contribution < 1.29 is 4.79 Å². The lowest BCUT2D eigenvalue weighted by molar-refractivity contribution is 0.0933. The number of amides is 1. The summed E-state index contributed by atoms with van der Waals surface area (Å²) in [5.41, 5.74) is 9.61. The maximum Gasteiger partial charge on any atom is 0.255 e. The molecule has 1 atom stereocenters. The number of hydrogen-bond donors (Lipinski definition) is 2. The maximum absolute atomic E-state index is 12.8. The first-order valence-corrected chi connectivity index (χ1v) is 8.77. The summed E-state index contributed by atoms with van der Waals surface area (Å²) in [5.74, 6) is 0.547. The van der Waals surface area contributed by atoms with E-state index in [0.717, 1.165) is 35.0 Å². The molecular formula is C18H23BrCl2N4O. The van der Waals surface area contributed by atoms with Crippen molar-refractivity contribution in [2.24, 2.45) is 0 Å². The zero-order valence-electron chi connectivity index (χ0n) is 14.7. The van der Waals surface area contributed by atoms with Gasteiger partial charge in [-0.2, -0.15) is 0 Å². The van der Waals surface area contributed by atoms with Crippen LogP contribution in [0.1, 0.15) is 40.4 Å². The van der Waals surface area contributed by atoms with Gasteiger partial charge in [-0.15, -0.1) is 24.8 Å². The van der Waals surface area contributed by atoms with E-state index in [9.17, 15) is 4.79 Å². The zero-order chi connectivity index (χ0) is 17.3. The number of halogens is 3. The maximum atomic E-state index is 12.8. The molecule has 0 radical (unpaired) electrons. The van der Waals surface area contributed by atoms with Crippen LogP contribution in [-0.2, 0) is 6.42 Å². The third kappa shape index (κ3) is 4.81. The van der Waals surface area contributed by atoms with Gasteiger partial charge in [0.05, 0.1) is 11.6 Å². The summed E-state index contributed by atoms with van der Waals surface area (Å²) in [6.07, 6.45) is 4.68. The first-order valence-electron chi connectivity index (χ1n) is 7.97. The van der Waals surface area contributed by atoms with Crippen molar-refractivity contribution in [1.29, 1.82) is 0 Å². The van der Waals surface area contributed by atoms with Gasteiger partial charge in [0.1, 0.15) is 5.82 Å². The summed E-state index contributed by atoms with van der Waals surface area (Å²) < 4.78 is 0.787. The summed E-state index contributed by atoms with van der Waals surface area (Å²) in [4.78, 5) is 19.0. The van der Waals surface area contributed by atoms with Crippen LogP contribution >= 0.6 is 40.7 Å². The molecule has 1 heterocycles. The van der Waals surface area contributed by atoms with Crippen molar-refractivity contribution in [2.45, 2.75) is 25.3 Å². The smallest absolute Gasteiger partial charge is 0.255 e. The quantitative estimate of drug-likeness (QED) is 0.673. The molecule has 1 amide bonds. The Morgan fingerprint density at radius 1 is 1.31 bits per heavy atom. The third-order valence-electron chi connectivity index (χ3n) is 4.29. The molecule has 2 aromatic rings. The molecule has 5 nitrogen and oxygen atoms in total. The highest BCUT2D eigenvalue weighted by atomic mass is 79.9. The zero-order valence-corrected chi connectivity index (χ0v) is 17.9. The summed E-state index contributed by atoms with van der Waals surface area (Å²) in [6, 6.07) is 7.76. The summed E-state index contributed by atoms with van der Waals surface area (Å²) >= 11 is 3.40. The Morgan fingerprint density at radius 2 is 2.04 bits per heavy atom. The molecule has 26 heavy (non-hydrogen) atoms. The van der Waals surface area contributed by atoms with E-state index in [1.165, 1.54) is 5.56 Å². The number of anilines is 2. The normalized spacial score (nSPS) is 15.1. The molecule has 142 valence electrons. The second-order valence-corrected chi connectivity index (χ2v) is 7.21. The van der Waals surface area contributed by atoms with Crippen molar-refractivity contribution in [3.8, 4) is 0 Å². The van der Waals surface area contributed by atoms with Gasteiger partial charge in [-0.05, 0) is 64.5 Å². The number of carbonyl (C=O) groups is 1. The van der Waals surface area contributed by atoms with Gasteiger partial charge < -0.3 is 16.0 Å². The Balaban J connectivity index is 0.00000169. The third-order valence-corrected chi connectivity index (χ3v) is 4.72. The van der Waals surface area contributed by atoms with Gasteiger partial charge in [0.15, 0.2) is 0 Å². The first-order chi connectivity index (χ1) is 11.5. The second kappa shape index (κ2) is 9.44. The van der Waals surface area contributed by atoms with Gasteiger partial charge in [0.25, 0.3) is 5.91 Å². The van der Waals surface area contributed by atoms with E-state index in [-0.39, 0.29) is 36.8 Å². The van der Waals surface area contributed by atoms with Crippen LogP contribution in [0.2, 0.25) is 0 Å². The van der Waals surface area contributed by atoms with E-state index in [2.05, 4.69) is 26.2 Å². The van der Waals surface area contributed by atoms with Crippen LogP contribution in [0.3, 0.4) is 0 Å². The minimum atomic E-state index is -0.109. The number of hydrogen-bond acceptors (Lipinski definition) is 4. The van der Waals surface area contributed by atoms with Gasteiger partial charge in [0.2, 0.25) is 0 Å². The predicted molar refractivity (Wildman–Crippen MR) is 115 cm³/mol. The molecule has 0 spiro atoms. The SMILES string of the molecule is CN(C)c1ncc(Br)cc1C(=O)NC1CCCc2cc(N)ccc21.Cl.Cl. The van der Waals surface area contributed by atoms with Crippen LogP contribution in [0.15, 0.2) is 34.9 Å². The highest BCUT2D eigenvalue weighted by Gasteiger charge is 2.24. The van der Waals surface area contributed by atoms with E-state index < -0.39 is 0 Å². The number of benzene rings is 1. The molecule has 0 saturated carbocycles. The Bertz CT molecular complexity index is 786. The average molecular weight is 462 g/mol. The van der Waals surface area contributed by atoms with Crippen LogP contribution in [-0.4, -0.2) is 25.0 Å². The molecule has 1 aliphatic carbocycles. The number of fused-ring (bicyclic) bond motifs is 1. The molecule has 3 N–H and O–H groups in total. The number of aromatic nitrogens is 1. The highest BCUT2D eigenvalue weighted by molar-refractivity contribution is 9.10. The predicted octanol–water partition coefficient (Wildman–Crippen LogP) is 4.14. The molecule has 1 aromatic heterocycles. The van der Waals surface area contributed by atoms with E-state index in [4.69, 9.17) is 5.73 Å². The minimum Gasteiger partial charge on any atom is -0.399 e. The Labute approximate surface area is 174 Å². The first kappa shape index (κ1) is 22.5. The Morgan fingerprint density at radius 3 is 2.73 bits per heavy atom. The Hall–Kier alpha value is -1.50. The van der Waals surface area contributed by atoms with Gasteiger partial charge in [-0.3, -0.25) is 4.79 Å². The lowest BCUT2D eigenvalue weighted by atomic mass is 9.87. The number of rotatable bonds is 3. The molecule has 0 saturated heterocycles. The van der Waals surface area contributed by atoms with Gasteiger partial charge in [0, 0.05) is 30.5 Å². The minimum absolute atomic E-state index is 0. The average Bonchev–Trinajstić information content (AvgIpc) is 2.54. The molecule has 0 aliphatic heterocycles. The van der Waals surface area contributed by atoms with Gasteiger partial charge >= 0.3 is 0 Å². The summed E-state index contributed by atoms with van der Waals surface area (Å²) in [7, 11) is 3.76. The molecule has 1 unspecified atom stereocenters. The molecular weight excluding hydrogens is 439 g/mol. The lowest BCUT2D eigenvalue weighted by Crippen LogP contribution is -2.32. The fraction of sp³-hybridized carbons (Fsp3) is 0.333. The number of pyridine rings is 1. The summed E-state index contributed by atoms with van der Waals surface area (Å²) in [6.45, 7) is 0. The largest absolute Gasteiger partial charge is 0.399 e. The van der Waals surface area contributed by atoms with Gasteiger partial charge in [-0.25, -0.2) is 4.98 Å². The second-order valence-electron chi connectivity index (χ2n) is 6.30. The highest BCUT2D eigenvalue weighted by Crippen LogP contribution is 2.31. The van der Waals surface area contributed by atoms with Crippen LogP contribution in [0.4, 0.5) is 11.5 Å². The van der Waals surface area contributed by atoms with Crippen LogP contribution in [0.25, 0.3) is 0 Å². The Kier molecular flexibility index (Phi) is 8.18. The number of aryl methyl sites for hydroxylation is 1. The van der Waals surface area contributed by atoms with Crippen LogP contribution < -0.4 is 16.0 Å². The number of nitrogens with zero attached hydrogens (tertiary/aromatic N) is 2. The van der Waals surface area contributed by atoms with Crippen LogP contribution in [0, 0.1) is 0 Å². The van der Waals surface area contributed by atoms with Crippen molar-refractivity contribution >= 4 is 58.2 Å². The van der Waals surface area contributed by atoms with Gasteiger partial charge in [-0.1, -0.05) is 6.07 Å². The molecule has 0 fully saturated rings. The number of nitrogens with two attached hydrogens (primary N) is 1. The monoisotopic (exact) mass is 460 g/mol. The van der Waals surface area contributed by atoms with Crippen molar-refractivity contribution in [2.75, 3.05) is 24.7 Å². The topological polar surface area (TPSA) is 71.2 Å².